The Balaban J connectivity index is 0. The maximum atomic E-state index is 11.3. The molecular formula is C15H26Cl3N3O2. The summed E-state index contributed by atoms with van der Waals surface area (Å²) in [6.45, 7) is 4.21. The first kappa shape index (κ1) is 24.5. The highest BCUT2D eigenvalue weighted by atomic mass is 35.5. The molecule has 0 aliphatic heterocycles. The Labute approximate surface area is 155 Å². The minimum Gasteiger partial charge on any atom is -0.448 e. The van der Waals surface area contributed by atoms with Crippen molar-refractivity contribution in [1.82, 2.24) is 10.6 Å². The van der Waals surface area contributed by atoms with Crippen LogP contribution in [0.15, 0.2) is 24.3 Å². The van der Waals surface area contributed by atoms with Gasteiger partial charge in [-0.05, 0) is 24.1 Å². The summed E-state index contributed by atoms with van der Waals surface area (Å²) in [5, 5.41) is 6.52. The Bertz CT molecular complexity index is 436. The van der Waals surface area contributed by atoms with E-state index in [2.05, 4.69) is 17.6 Å². The van der Waals surface area contributed by atoms with E-state index in [9.17, 15) is 4.79 Å². The number of rotatable bonds is 9. The molecule has 0 aromatic heterocycles. The van der Waals surface area contributed by atoms with E-state index in [4.69, 9.17) is 22.1 Å². The molecule has 8 heteroatoms. The van der Waals surface area contributed by atoms with Crippen LogP contribution in [-0.4, -0.2) is 32.3 Å². The zero-order valence-electron chi connectivity index (χ0n) is 13.2. The molecule has 1 aromatic rings. The fourth-order valence-electron chi connectivity index (χ4n) is 1.75. The topological polar surface area (TPSA) is 76.4 Å². The van der Waals surface area contributed by atoms with Gasteiger partial charge in [0.2, 0.25) is 0 Å². The number of nitrogens with one attached hydrogen (secondary N) is 2. The number of amides is 1. The van der Waals surface area contributed by atoms with Gasteiger partial charge in [-0.25, -0.2) is 4.79 Å². The molecule has 0 aliphatic rings. The second kappa shape index (κ2) is 14.8. The van der Waals surface area contributed by atoms with Crippen LogP contribution >= 0.6 is 36.4 Å². The van der Waals surface area contributed by atoms with E-state index in [0.29, 0.717) is 31.3 Å². The van der Waals surface area contributed by atoms with E-state index in [1.807, 2.05) is 24.3 Å². The summed E-state index contributed by atoms with van der Waals surface area (Å²) < 4.78 is 5.02. The van der Waals surface area contributed by atoms with Crippen molar-refractivity contribution in [3.05, 3.63) is 34.9 Å². The van der Waals surface area contributed by atoms with Gasteiger partial charge in [-0.2, -0.15) is 0 Å². The Morgan fingerprint density at radius 3 is 2.74 bits per heavy atom. The van der Waals surface area contributed by atoms with Gasteiger partial charge in [-0.1, -0.05) is 37.1 Å². The van der Waals surface area contributed by atoms with Crippen molar-refractivity contribution in [2.45, 2.75) is 25.8 Å². The lowest BCUT2D eigenvalue weighted by molar-refractivity contribution is 0.146. The molecule has 0 saturated heterocycles. The van der Waals surface area contributed by atoms with Crippen molar-refractivity contribution in [1.29, 1.82) is 0 Å². The number of benzene rings is 1. The second-order valence-electron chi connectivity index (χ2n) is 4.78. The van der Waals surface area contributed by atoms with Crippen LogP contribution in [0.2, 0.25) is 5.02 Å². The molecule has 134 valence electrons. The molecule has 0 heterocycles. The van der Waals surface area contributed by atoms with Crippen LogP contribution in [0, 0.1) is 0 Å². The summed E-state index contributed by atoms with van der Waals surface area (Å²) in [5.74, 6) is 0. The molecule has 1 rings (SSSR count). The van der Waals surface area contributed by atoms with E-state index in [0.717, 1.165) is 18.4 Å². The van der Waals surface area contributed by atoms with Gasteiger partial charge in [-0.15, -0.1) is 24.8 Å². The SMILES string of the molecule is CCCCNC(=O)OCCNCC(N)c1cccc(Cl)c1.Cl.Cl. The van der Waals surface area contributed by atoms with E-state index in [-0.39, 0.29) is 36.9 Å². The Morgan fingerprint density at radius 1 is 1.35 bits per heavy atom. The van der Waals surface area contributed by atoms with E-state index < -0.39 is 0 Å². The third-order valence-electron chi connectivity index (χ3n) is 2.95. The molecule has 1 atom stereocenters. The average Bonchev–Trinajstić information content (AvgIpc) is 2.47. The predicted molar refractivity (Wildman–Crippen MR) is 100 cm³/mol. The zero-order chi connectivity index (χ0) is 15.5. The molecule has 0 radical (unpaired) electrons. The van der Waals surface area contributed by atoms with Crippen LogP contribution in [0.1, 0.15) is 31.4 Å². The van der Waals surface area contributed by atoms with Crippen LogP contribution in [0.5, 0.6) is 0 Å². The van der Waals surface area contributed by atoms with Crippen LogP contribution in [0.25, 0.3) is 0 Å². The highest BCUT2D eigenvalue weighted by molar-refractivity contribution is 6.30. The number of hydrogen-bond donors (Lipinski definition) is 3. The molecule has 1 amide bonds. The largest absolute Gasteiger partial charge is 0.448 e. The number of carbonyl (C=O) groups is 1. The molecule has 0 fully saturated rings. The molecule has 0 aliphatic carbocycles. The van der Waals surface area contributed by atoms with Crippen LogP contribution in [0.4, 0.5) is 4.79 Å². The van der Waals surface area contributed by atoms with Gasteiger partial charge in [0.25, 0.3) is 0 Å². The molecule has 0 saturated carbocycles. The highest BCUT2D eigenvalue weighted by Gasteiger charge is 2.06. The lowest BCUT2D eigenvalue weighted by atomic mass is 10.1. The minimum absolute atomic E-state index is 0. The summed E-state index contributed by atoms with van der Waals surface area (Å²) >= 11 is 5.92. The van der Waals surface area contributed by atoms with Gasteiger partial charge in [0.05, 0.1) is 0 Å². The second-order valence-corrected chi connectivity index (χ2v) is 5.22. The van der Waals surface area contributed by atoms with E-state index in [1.54, 1.807) is 0 Å². The van der Waals surface area contributed by atoms with Gasteiger partial charge >= 0.3 is 6.09 Å². The number of ether oxygens (including phenoxy) is 1. The van der Waals surface area contributed by atoms with Crippen LogP contribution < -0.4 is 16.4 Å². The number of unbranched alkanes of at least 4 members (excludes halogenated alkanes) is 1. The van der Waals surface area contributed by atoms with Crippen molar-refractivity contribution >= 4 is 42.5 Å². The number of alkyl carbamates (subject to hydrolysis) is 1. The number of halogens is 3. The lowest BCUT2D eigenvalue weighted by Crippen LogP contribution is -2.32. The first-order valence-corrected chi connectivity index (χ1v) is 7.63. The van der Waals surface area contributed by atoms with Gasteiger partial charge in [-0.3, -0.25) is 0 Å². The summed E-state index contributed by atoms with van der Waals surface area (Å²) in [5.41, 5.74) is 7.03. The molecule has 5 nitrogen and oxygen atoms in total. The Morgan fingerprint density at radius 2 is 2.09 bits per heavy atom. The van der Waals surface area contributed by atoms with Crippen molar-refractivity contribution in [3.8, 4) is 0 Å². The van der Waals surface area contributed by atoms with Crippen molar-refractivity contribution < 1.29 is 9.53 Å². The molecular weight excluding hydrogens is 361 g/mol. The Hall–Kier alpha value is -0.720. The van der Waals surface area contributed by atoms with E-state index in [1.165, 1.54) is 0 Å². The van der Waals surface area contributed by atoms with Crippen LogP contribution in [0.3, 0.4) is 0 Å². The molecule has 0 spiro atoms. The van der Waals surface area contributed by atoms with Gasteiger partial charge in [0.15, 0.2) is 0 Å². The van der Waals surface area contributed by atoms with Gasteiger partial charge < -0.3 is 21.1 Å². The Kier molecular flexibility index (Phi) is 15.8. The molecule has 4 N–H and O–H groups in total. The predicted octanol–water partition coefficient (Wildman–Crippen LogP) is 3.30. The van der Waals surface area contributed by atoms with Crippen molar-refractivity contribution in [2.75, 3.05) is 26.2 Å². The third kappa shape index (κ3) is 11.5. The standard InChI is InChI=1S/C15H24ClN3O2.2ClH/c1-2-3-7-19-15(20)21-9-8-18-11-14(17)12-5-4-6-13(16)10-12;;/h4-6,10,14,18H,2-3,7-9,11,17H2,1H3,(H,19,20);2*1H. The summed E-state index contributed by atoms with van der Waals surface area (Å²) in [6.07, 6.45) is 1.63. The monoisotopic (exact) mass is 385 g/mol. The zero-order valence-corrected chi connectivity index (χ0v) is 15.6. The smallest absolute Gasteiger partial charge is 0.407 e. The fourth-order valence-corrected chi connectivity index (χ4v) is 1.95. The minimum atomic E-state index is -0.371. The lowest BCUT2D eigenvalue weighted by Gasteiger charge is -2.13. The number of nitrogens with two attached hydrogens (primary N) is 1. The van der Waals surface area contributed by atoms with Crippen molar-refractivity contribution in [3.63, 3.8) is 0 Å². The molecule has 23 heavy (non-hydrogen) atoms. The molecule has 0 bridgehead atoms. The normalized spacial score (nSPS) is 10.9. The summed E-state index contributed by atoms with van der Waals surface area (Å²) in [4.78, 5) is 11.3. The summed E-state index contributed by atoms with van der Waals surface area (Å²) in [6, 6.07) is 7.35. The maximum Gasteiger partial charge on any atom is 0.407 e. The van der Waals surface area contributed by atoms with Gasteiger partial charge in [0, 0.05) is 30.7 Å². The summed E-state index contributed by atoms with van der Waals surface area (Å²) in [7, 11) is 0. The average molecular weight is 387 g/mol. The number of carbonyl (C=O) groups excluding carboxylic acids is 1. The van der Waals surface area contributed by atoms with Crippen LogP contribution in [-0.2, 0) is 4.74 Å². The van der Waals surface area contributed by atoms with Gasteiger partial charge in [0.1, 0.15) is 6.61 Å². The highest BCUT2D eigenvalue weighted by Crippen LogP contribution is 2.15. The third-order valence-corrected chi connectivity index (χ3v) is 3.19. The quantitative estimate of drug-likeness (QED) is 0.569. The first-order valence-electron chi connectivity index (χ1n) is 7.26. The molecule has 1 aromatic carbocycles. The first-order chi connectivity index (χ1) is 10.1. The van der Waals surface area contributed by atoms with Crippen molar-refractivity contribution in [2.24, 2.45) is 5.73 Å². The number of hydrogen-bond acceptors (Lipinski definition) is 4. The maximum absolute atomic E-state index is 11.3. The fraction of sp³-hybridized carbons (Fsp3) is 0.533. The van der Waals surface area contributed by atoms with E-state index >= 15 is 0 Å². The molecule has 1 unspecified atom stereocenters.